The second-order valence-corrected chi connectivity index (χ2v) is 13.3. The molecule has 0 saturated heterocycles. The Bertz CT molecular complexity index is 733. The van der Waals surface area contributed by atoms with Gasteiger partial charge in [-0.15, -0.1) is 0 Å². The van der Waals surface area contributed by atoms with E-state index in [9.17, 15) is 10.0 Å². The van der Waals surface area contributed by atoms with Crippen LogP contribution in [0.5, 0.6) is 5.75 Å². The third-order valence-electron chi connectivity index (χ3n) is 4.72. The summed E-state index contributed by atoms with van der Waals surface area (Å²) in [5.41, 5.74) is 0.888. The van der Waals surface area contributed by atoms with Gasteiger partial charge in [-0.2, -0.15) is 5.10 Å². The zero-order valence-electron chi connectivity index (χ0n) is 15.9. The van der Waals surface area contributed by atoms with Gasteiger partial charge in [-0.3, -0.25) is 0 Å². The van der Waals surface area contributed by atoms with Gasteiger partial charge < -0.3 is 19.2 Å². The number of hydrogen-bond donors (Lipinski definition) is 2. The summed E-state index contributed by atoms with van der Waals surface area (Å²) in [6.07, 6.45) is 3.36. The maximum Gasteiger partial charge on any atom is 0.490 e. The molecule has 0 aliphatic heterocycles. The first-order valence-corrected chi connectivity index (χ1v) is 12.2. The molecule has 0 amide bonds. The summed E-state index contributed by atoms with van der Waals surface area (Å²) in [7, 11) is -3.42. The molecule has 0 radical (unpaired) electrons. The minimum Gasteiger partial charge on any atom is -0.490 e. The first-order chi connectivity index (χ1) is 12.0. The van der Waals surface area contributed by atoms with Crippen LogP contribution in [0.1, 0.15) is 20.8 Å². The lowest BCUT2D eigenvalue weighted by Crippen LogP contribution is -2.41. The summed E-state index contributed by atoms with van der Waals surface area (Å²) in [6.45, 7) is 11.9. The number of aromatic nitrogens is 2. The van der Waals surface area contributed by atoms with E-state index in [4.69, 9.17) is 9.16 Å². The van der Waals surface area contributed by atoms with Crippen LogP contribution in [0.3, 0.4) is 0 Å². The van der Waals surface area contributed by atoms with E-state index in [2.05, 4.69) is 54.9 Å². The number of nitrogens with zero attached hydrogens (tertiary/aromatic N) is 2. The molecular weight excluding hydrogens is 415 g/mol. The average Bonchev–Trinajstić information content (AvgIpc) is 3.05. The van der Waals surface area contributed by atoms with Crippen LogP contribution in [0.25, 0.3) is 5.69 Å². The van der Waals surface area contributed by atoms with E-state index < -0.39 is 15.4 Å². The minimum absolute atomic E-state index is 0.153. The van der Waals surface area contributed by atoms with Crippen molar-refractivity contribution in [2.75, 3.05) is 13.2 Å². The second kappa shape index (κ2) is 8.26. The number of ether oxygens (including phenoxy) is 1. The maximum atomic E-state index is 9.64. The van der Waals surface area contributed by atoms with Gasteiger partial charge in [0.1, 0.15) is 12.4 Å². The quantitative estimate of drug-likeness (QED) is 0.511. The number of halogens is 1. The summed E-state index contributed by atoms with van der Waals surface area (Å²) in [4.78, 5) is 0. The Morgan fingerprint density at radius 1 is 1.23 bits per heavy atom. The molecule has 1 heterocycles. The van der Waals surface area contributed by atoms with E-state index in [-0.39, 0.29) is 5.04 Å². The van der Waals surface area contributed by atoms with Gasteiger partial charge in [0, 0.05) is 23.9 Å². The minimum atomic E-state index is -1.81. The lowest BCUT2D eigenvalue weighted by Gasteiger charge is -2.36. The van der Waals surface area contributed by atoms with Crippen molar-refractivity contribution in [2.45, 2.75) is 38.9 Å². The van der Waals surface area contributed by atoms with Crippen LogP contribution in [0.15, 0.2) is 35.1 Å². The van der Waals surface area contributed by atoms with E-state index in [0.29, 0.717) is 34.6 Å². The van der Waals surface area contributed by atoms with Crippen molar-refractivity contribution in [3.05, 3.63) is 35.1 Å². The van der Waals surface area contributed by atoms with Gasteiger partial charge in [0.2, 0.25) is 0 Å². The molecule has 0 unspecified atom stereocenters. The third-order valence-corrected chi connectivity index (χ3v) is 9.88. The largest absolute Gasteiger partial charge is 0.490 e. The fourth-order valence-corrected chi connectivity index (χ4v) is 3.65. The van der Waals surface area contributed by atoms with Crippen molar-refractivity contribution in [3.8, 4) is 11.4 Å². The lowest BCUT2D eigenvalue weighted by molar-refractivity contribution is 0.203. The maximum absolute atomic E-state index is 9.64. The van der Waals surface area contributed by atoms with Gasteiger partial charge in [-0.1, -0.05) is 20.8 Å². The molecule has 1 aromatic heterocycles. The smallest absolute Gasteiger partial charge is 0.490 e. The Kier molecular flexibility index (Phi) is 6.73. The molecule has 6 nitrogen and oxygen atoms in total. The summed E-state index contributed by atoms with van der Waals surface area (Å²) in [6, 6.07) is 5.13. The first-order valence-electron chi connectivity index (χ1n) is 8.49. The number of rotatable bonds is 7. The molecule has 142 valence electrons. The summed E-state index contributed by atoms with van der Waals surface area (Å²) in [5, 5.41) is 23.6. The highest BCUT2D eigenvalue weighted by Gasteiger charge is 2.36. The molecule has 0 bridgehead atoms. The molecule has 0 fully saturated rings. The molecule has 0 aliphatic rings. The summed E-state index contributed by atoms with van der Waals surface area (Å²) < 4.78 is 14.2. The predicted molar refractivity (Wildman–Crippen MR) is 110 cm³/mol. The van der Waals surface area contributed by atoms with E-state index in [1.54, 1.807) is 35.3 Å². The van der Waals surface area contributed by atoms with Crippen LogP contribution in [-0.2, 0) is 4.43 Å². The Morgan fingerprint density at radius 3 is 2.46 bits per heavy atom. The third kappa shape index (κ3) is 4.98. The van der Waals surface area contributed by atoms with Crippen molar-refractivity contribution in [3.63, 3.8) is 0 Å². The van der Waals surface area contributed by atoms with Crippen molar-refractivity contribution < 1.29 is 19.2 Å². The SMILES string of the molecule is CC(C)(C)[Si](C)(C)OCCOc1cc(-n2cccn2)c(B(O)O)cc1Br. The Labute approximate surface area is 164 Å². The van der Waals surface area contributed by atoms with Crippen LogP contribution in [-0.4, -0.2) is 48.5 Å². The topological polar surface area (TPSA) is 76.7 Å². The van der Waals surface area contributed by atoms with E-state index >= 15 is 0 Å². The standard InChI is InChI=1S/C17H26BBrN2O4Si/c1-17(2,3)26(4,5)25-10-9-24-16-12-15(21-8-6-7-20-21)13(18(22)23)11-14(16)19/h6-8,11-12,22-23H,9-10H2,1-5H3. The Balaban J connectivity index is 2.12. The monoisotopic (exact) mass is 440 g/mol. The molecule has 1 aromatic carbocycles. The van der Waals surface area contributed by atoms with Crippen LogP contribution in [0.2, 0.25) is 18.1 Å². The highest BCUT2D eigenvalue weighted by atomic mass is 79.9. The fraction of sp³-hybridized carbons (Fsp3) is 0.471. The molecular formula is C17H26BBrN2O4Si. The highest BCUT2D eigenvalue weighted by Crippen LogP contribution is 2.36. The van der Waals surface area contributed by atoms with Crippen molar-refractivity contribution in [1.82, 2.24) is 9.78 Å². The molecule has 2 N–H and O–H groups in total. The van der Waals surface area contributed by atoms with Gasteiger partial charge in [-0.25, -0.2) is 4.68 Å². The summed E-state index contributed by atoms with van der Waals surface area (Å²) >= 11 is 3.43. The molecule has 0 atom stereocenters. The molecule has 9 heteroatoms. The van der Waals surface area contributed by atoms with E-state index in [1.807, 2.05) is 0 Å². The number of benzene rings is 1. The summed E-state index contributed by atoms with van der Waals surface area (Å²) in [5.74, 6) is 0.596. The fourth-order valence-electron chi connectivity index (χ4n) is 2.15. The zero-order valence-corrected chi connectivity index (χ0v) is 18.4. The van der Waals surface area contributed by atoms with Crippen molar-refractivity contribution in [1.29, 1.82) is 0 Å². The van der Waals surface area contributed by atoms with Crippen LogP contribution in [0.4, 0.5) is 0 Å². The van der Waals surface area contributed by atoms with E-state index in [1.165, 1.54) is 0 Å². The van der Waals surface area contributed by atoms with Crippen molar-refractivity contribution in [2.24, 2.45) is 0 Å². The molecule has 2 rings (SSSR count). The number of hydrogen-bond acceptors (Lipinski definition) is 5. The Morgan fingerprint density at radius 2 is 1.92 bits per heavy atom. The van der Waals surface area contributed by atoms with Crippen molar-refractivity contribution >= 4 is 36.8 Å². The first kappa shape index (κ1) is 21.2. The van der Waals surface area contributed by atoms with Crippen LogP contribution in [0, 0.1) is 0 Å². The van der Waals surface area contributed by atoms with Crippen LogP contribution < -0.4 is 10.2 Å². The van der Waals surface area contributed by atoms with Gasteiger partial charge in [0.05, 0.1) is 16.8 Å². The molecule has 2 aromatic rings. The zero-order chi connectivity index (χ0) is 19.5. The highest BCUT2D eigenvalue weighted by molar-refractivity contribution is 9.10. The van der Waals surface area contributed by atoms with Gasteiger partial charge in [0.15, 0.2) is 8.32 Å². The molecule has 0 spiro atoms. The second-order valence-electron chi connectivity index (χ2n) is 7.62. The lowest BCUT2D eigenvalue weighted by atomic mass is 9.79. The van der Waals surface area contributed by atoms with Crippen LogP contribution >= 0.6 is 15.9 Å². The normalized spacial score (nSPS) is 12.3. The van der Waals surface area contributed by atoms with Gasteiger partial charge >= 0.3 is 7.12 Å². The van der Waals surface area contributed by atoms with E-state index in [0.717, 1.165) is 0 Å². The molecule has 0 aliphatic carbocycles. The average molecular weight is 441 g/mol. The van der Waals surface area contributed by atoms with Gasteiger partial charge in [-0.05, 0) is 46.2 Å². The molecule has 26 heavy (non-hydrogen) atoms. The predicted octanol–water partition coefficient (Wildman–Crippen LogP) is 2.72. The van der Waals surface area contributed by atoms with Gasteiger partial charge in [0.25, 0.3) is 0 Å². The molecule has 0 saturated carbocycles. The Hall–Kier alpha value is -1.13.